The number of carboxylic acid groups (broad SMARTS) is 12. The maximum Gasteiger partial charge on any atom is 4.00 e. The van der Waals surface area contributed by atoms with Gasteiger partial charge in [0.2, 0.25) is 0 Å². The van der Waals surface area contributed by atoms with E-state index in [2.05, 4.69) is 0 Å². The molecule has 0 unspecified atom stereocenters. The third-order valence-corrected chi connectivity index (χ3v) is 0. The molecule has 27 heavy (non-hydrogen) atoms. The van der Waals surface area contributed by atoms with Crippen molar-refractivity contribution in [1.29, 1.82) is 0 Å². The molecule has 0 N–H and O–H groups in total. The molecule has 0 aromatic heterocycles. The fourth-order valence-electron chi connectivity index (χ4n) is 0. The summed E-state index contributed by atoms with van der Waals surface area (Å²) in [4.78, 5) is 50.0. The maximum absolute atomic E-state index is 8.33. The summed E-state index contributed by atoms with van der Waals surface area (Å²) in [5.41, 5.74) is 0. The molecular weight excluding hydrogens is 648 g/mol. The molecule has 0 aliphatic heterocycles. The zero-order valence-corrected chi connectivity index (χ0v) is 17.6. The Labute approximate surface area is 189 Å². The van der Waals surface area contributed by atoms with E-state index in [0.717, 1.165) is 0 Å². The van der Waals surface area contributed by atoms with Gasteiger partial charge in [-0.15, -0.1) is 0 Å². The Morgan fingerprint density at radius 2 is 0.259 bits per heavy atom. The van der Waals surface area contributed by atoms with Crippen LogP contribution in [0.1, 0.15) is 0 Å². The van der Waals surface area contributed by atoms with Crippen LogP contribution in [0.3, 0.4) is 0 Å². The Kier molecular flexibility index (Phi) is 103. The first-order valence-corrected chi connectivity index (χ1v) is 3.67. The van der Waals surface area contributed by atoms with Crippen LogP contribution >= 0.6 is 0 Å². The van der Waals surface area contributed by atoms with Crippen LogP contribution in [-0.4, -0.2) is 36.9 Å². The van der Waals surface area contributed by atoms with E-state index >= 15 is 0 Å². The van der Waals surface area contributed by atoms with Gasteiger partial charge in [-0.05, 0) is 36.9 Å². The molecule has 0 bridgehead atoms. The van der Waals surface area contributed by atoms with Crippen molar-refractivity contribution in [3.8, 4) is 0 Å². The van der Waals surface area contributed by atoms with E-state index in [4.69, 9.17) is 90.0 Å². The molecule has 0 aliphatic rings. The third kappa shape index (κ3) is 2080. The Bertz CT molecular complexity index is 264. The van der Waals surface area contributed by atoms with E-state index in [9.17, 15) is 0 Å². The first-order valence-electron chi connectivity index (χ1n) is 3.67. The number of hydrogen-bond acceptors (Lipinski definition) is 18. The largest absolute Gasteiger partial charge is 4.00 e. The minimum atomic E-state index is -2.33. The van der Waals surface area contributed by atoms with Crippen molar-refractivity contribution in [2.24, 2.45) is 0 Å². The van der Waals surface area contributed by atoms with Crippen LogP contribution in [0.4, 0.5) is 28.8 Å². The number of hydrogen-bond donors (Lipinski definition) is 0. The van der Waals surface area contributed by atoms with Gasteiger partial charge in [0, 0.05) is 0 Å². The number of carbonyl (C=O) groups is 6. The third-order valence-electron chi connectivity index (χ3n) is 0. The molecule has 0 aromatic rings. The number of carbonyl (C=O) groups excluding carboxylic acids is 6. The van der Waals surface area contributed by atoms with Gasteiger partial charge in [0.05, 0.1) is 0 Å². The smallest absolute Gasteiger partial charge is 0.652 e. The molecule has 0 aromatic carbocycles. The maximum atomic E-state index is 8.33. The van der Waals surface area contributed by atoms with Crippen molar-refractivity contribution in [3.63, 3.8) is 0 Å². The molecule has 21 heteroatoms. The van der Waals surface area contributed by atoms with Gasteiger partial charge in [-0.25, -0.2) is 0 Å². The molecule has 18 nitrogen and oxygen atoms in total. The second kappa shape index (κ2) is 49.5. The van der Waals surface area contributed by atoms with Crippen LogP contribution in [0, 0.1) is 0 Å². The van der Waals surface area contributed by atoms with Gasteiger partial charge in [-0.1, -0.05) is 0 Å². The molecule has 0 radical (unpaired) electrons. The van der Waals surface area contributed by atoms with E-state index in [-0.39, 0.29) is 63.2 Å². The van der Waals surface area contributed by atoms with Crippen LogP contribution in [-0.2, 0) is 63.2 Å². The fraction of sp³-hybridized carbons (Fsp3) is 0. The summed E-state index contributed by atoms with van der Waals surface area (Å²) in [7, 11) is 0. The Morgan fingerprint density at radius 1 is 0.259 bits per heavy atom. The number of rotatable bonds is 0. The van der Waals surface area contributed by atoms with Crippen molar-refractivity contribution < 1.29 is 153 Å². The van der Waals surface area contributed by atoms with Crippen molar-refractivity contribution >= 4 is 36.9 Å². The van der Waals surface area contributed by atoms with Crippen LogP contribution in [0.25, 0.3) is 0 Å². The first kappa shape index (κ1) is 56.3. The average Bonchev–Trinajstić information content (AvgIpc) is 2.08. The first-order chi connectivity index (χ1) is 10.4. The molecule has 0 saturated heterocycles. The quantitative estimate of drug-likeness (QED) is 0.220. The van der Waals surface area contributed by atoms with E-state index in [0.29, 0.717) is 0 Å². The van der Waals surface area contributed by atoms with Gasteiger partial charge in [0.15, 0.2) is 0 Å². The molecule has 0 fully saturated rings. The summed E-state index contributed by atoms with van der Waals surface area (Å²) in [5.74, 6) is 0. The van der Waals surface area contributed by atoms with Crippen molar-refractivity contribution in [1.82, 2.24) is 0 Å². The normalized spacial score (nSPS) is 5.33. The summed E-state index contributed by atoms with van der Waals surface area (Å²) in [6.45, 7) is 0. The SMILES string of the molecule is O=C([O-])[O-].O=C([O-])[O-].O=C([O-])[O-].O=C([O-])[O-].O=C([O-])[O-].O=C([O-])[O-].[Mo+4].[Mo+4].[Mo+4]. The molecule has 0 spiro atoms. The molecule has 0 amide bonds. The van der Waals surface area contributed by atoms with Crippen molar-refractivity contribution in [2.45, 2.75) is 0 Å². The van der Waals surface area contributed by atoms with Crippen molar-refractivity contribution in [3.05, 3.63) is 0 Å². The van der Waals surface area contributed by atoms with Gasteiger partial charge in [0.25, 0.3) is 0 Å². The van der Waals surface area contributed by atoms with E-state index in [1.54, 1.807) is 0 Å². The van der Waals surface area contributed by atoms with Gasteiger partial charge in [-0.2, -0.15) is 0 Å². The van der Waals surface area contributed by atoms with Crippen molar-refractivity contribution in [2.75, 3.05) is 0 Å². The predicted molar refractivity (Wildman–Crippen MR) is 32.4 cm³/mol. The molecule has 0 rings (SSSR count). The minimum absolute atomic E-state index is 0. The van der Waals surface area contributed by atoms with Crippen LogP contribution in [0.5, 0.6) is 0 Å². The van der Waals surface area contributed by atoms with Gasteiger partial charge < -0.3 is 90.0 Å². The van der Waals surface area contributed by atoms with Gasteiger partial charge in [-0.3, -0.25) is 0 Å². The second-order valence-corrected chi connectivity index (χ2v) is 1.50. The Morgan fingerprint density at radius 3 is 0.259 bits per heavy atom. The summed E-state index contributed by atoms with van der Waals surface area (Å²) < 4.78 is 0. The Balaban J connectivity index is -0.0000000201. The van der Waals surface area contributed by atoms with Gasteiger partial charge in [0.1, 0.15) is 0 Å². The predicted octanol–water partition coefficient (Wildman–Crippen LogP) is -14.7. The Hall–Kier alpha value is -2.32. The summed E-state index contributed by atoms with van der Waals surface area (Å²) in [5, 5.41) is 100. The summed E-state index contributed by atoms with van der Waals surface area (Å²) in [6, 6.07) is 0. The fourth-order valence-corrected chi connectivity index (χ4v) is 0. The van der Waals surface area contributed by atoms with E-state index < -0.39 is 36.9 Å². The van der Waals surface area contributed by atoms with Crippen LogP contribution in [0.2, 0.25) is 0 Å². The molecular formula is C6Mo3O18. The van der Waals surface area contributed by atoms with Gasteiger partial charge >= 0.3 is 63.2 Å². The summed E-state index contributed by atoms with van der Waals surface area (Å²) in [6.07, 6.45) is -14.0. The average molecular weight is 648 g/mol. The van der Waals surface area contributed by atoms with E-state index in [1.807, 2.05) is 0 Å². The summed E-state index contributed by atoms with van der Waals surface area (Å²) >= 11 is 0. The van der Waals surface area contributed by atoms with Crippen LogP contribution < -0.4 is 61.3 Å². The zero-order valence-electron chi connectivity index (χ0n) is 11.6. The zero-order chi connectivity index (χ0) is 21.5. The standard InChI is InChI=1S/6CH2O3.3Mo/c6*2-1(3)4;;;/h6*(H2,2,3,4);;;/q;;;;;;3*+4/p-12. The molecule has 0 saturated carbocycles. The van der Waals surface area contributed by atoms with E-state index in [1.165, 1.54) is 0 Å². The topological polar surface area (TPSA) is 379 Å². The molecule has 0 atom stereocenters. The molecule has 150 valence electrons. The minimum Gasteiger partial charge on any atom is -0.652 e. The monoisotopic (exact) mass is 654 g/mol. The van der Waals surface area contributed by atoms with Crippen LogP contribution in [0.15, 0.2) is 0 Å². The molecule has 0 heterocycles. The molecule has 0 aliphatic carbocycles. The second-order valence-electron chi connectivity index (χ2n) is 1.50.